The number of aliphatic carboxylic acids is 1. The van der Waals surface area contributed by atoms with Crippen LogP contribution in [0.2, 0.25) is 0 Å². The SMILES string of the molecule is Cc1cn([C@H]2C=C[C@@H](COC(=O)CC[C@@H](N)C(=O)N[C@H](Cc3c[nH]c4ccccc34)C(=O)O)O2)c(=O)[nH]c1=O. The van der Waals surface area contributed by atoms with E-state index in [1.54, 1.807) is 25.3 Å². The Bertz CT molecular complexity index is 1520. The number of amides is 1. The van der Waals surface area contributed by atoms with E-state index in [0.29, 0.717) is 5.56 Å². The van der Waals surface area contributed by atoms with Crippen LogP contribution in [0.3, 0.4) is 0 Å². The second-order valence-electron chi connectivity index (χ2n) is 9.22. The molecule has 3 aromatic rings. The number of carboxylic acid groups (broad SMARTS) is 1. The van der Waals surface area contributed by atoms with Crippen LogP contribution >= 0.6 is 0 Å². The molecule has 0 radical (unpaired) electrons. The molecular formula is C26H29N5O8. The van der Waals surface area contributed by atoms with E-state index < -0.39 is 53.5 Å². The number of carbonyl (C=O) groups excluding carboxylic acids is 2. The van der Waals surface area contributed by atoms with E-state index >= 15 is 0 Å². The topological polar surface area (TPSA) is 199 Å². The fraction of sp³-hybridized carbons (Fsp3) is 0.346. The zero-order valence-electron chi connectivity index (χ0n) is 21.1. The molecule has 39 heavy (non-hydrogen) atoms. The van der Waals surface area contributed by atoms with Crippen molar-refractivity contribution in [3.63, 3.8) is 0 Å². The summed E-state index contributed by atoms with van der Waals surface area (Å²) >= 11 is 0. The van der Waals surface area contributed by atoms with Crippen molar-refractivity contribution in [2.24, 2.45) is 5.73 Å². The molecular weight excluding hydrogens is 510 g/mol. The first kappa shape index (κ1) is 27.5. The number of aromatic amines is 2. The quantitative estimate of drug-likeness (QED) is 0.167. The van der Waals surface area contributed by atoms with Crippen LogP contribution in [0.5, 0.6) is 0 Å². The number of aryl methyl sites for hydroxylation is 1. The molecule has 1 aliphatic heterocycles. The Kier molecular flexibility index (Phi) is 8.42. The standard InChI is InChI=1S/C26H29N5O8/c1-14-12-31(26(37)30-23(14)33)21-8-6-16(39-21)13-38-22(32)9-7-18(27)24(34)29-20(25(35)36)10-15-11-28-19-5-3-2-4-17(15)19/h2-6,8,11-12,16,18,20-21,28H,7,9-10,13,27H2,1H3,(H,29,34)(H,35,36)(H,30,33,37)/t16-,18+,20+,21+/m0/s1. The predicted molar refractivity (Wildman–Crippen MR) is 139 cm³/mol. The third-order valence-corrected chi connectivity index (χ3v) is 6.34. The number of rotatable bonds is 11. The normalized spacial score (nSPS) is 18.1. The molecule has 206 valence electrons. The van der Waals surface area contributed by atoms with Crippen LogP contribution in [0.4, 0.5) is 0 Å². The lowest BCUT2D eigenvalue weighted by Gasteiger charge is -2.18. The Labute approximate surface area is 221 Å². The molecule has 0 saturated carbocycles. The number of esters is 1. The zero-order chi connectivity index (χ0) is 28.1. The average Bonchev–Trinajstić information content (AvgIpc) is 3.55. The second kappa shape index (κ2) is 11.9. The van der Waals surface area contributed by atoms with Gasteiger partial charge >= 0.3 is 17.6 Å². The minimum atomic E-state index is -1.21. The highest BCUT2D eigenvalue weighted by Crippen LogP contribution is 2.21. The minimum Gasteiger partial charge on any atom is -0.480 e. The number of hydrogen-bond acceptors (Lipinski definition) is 8. The lowest BCUT2D eigenvalue weighted by atomic mass is 10.0. The molecule has 1 amide bonds. The predicted octanol–water partition coefficient (Wildman–Crippen LogP) is 0.243. The number of nitrogens with zero attached hydrogens (tertiary/aromatic N) is 1. The minimum absolute atomic E-state index is 0.0554. The second-order valence-corrected chi connectivity index (χ2v) is 9.22. The van der Waals surface area contributed by atoms with Crippen molar-refractivity contribution >= 4 is 28.7 Å². The number of benzene rings is 1. The van der Waals surface area contributed by atoms with E-state index in [9.17, 15) is 29.1 Å². The number of aromatic nitrogens is 3. The third-order valence-electron chi connectivity index (χ3n) is 6.34. The number of carbonyl (C=O) groups is 3. The Balaban J connectivity index is 1.22. The van der Waals surface area contributed by atoms with Crippen molar-refractivity contribution in [1.29, 1.82) is 0 Å². The summed E-state index contributed by atoms with van der Waals surface area (Å²) in [5, 5.41) is 12.9. The first-order valence-corrected chi connectivity index (χ1v) is 12.3. The zero-order valence-corrected chi connectivity index (χ0v) is 21.1. The first-order chi connectivity index (χ1) is 18.6. The van der Waals surface area contributed by atoms with E-state index in [2.05, 4.69) is 15.3 Å². The number of fused-ring (bicyclic) bond motifs is 1. The fourth-order valence-electron chi connectivity index (χ4n) is 4.17. The molecule has 13 heteroatoms. The van der Waals surface area contributed by atoms with Crippen molar-refractivity contribution in [3.8, 4) is 0 Å². The van der Waals surface area contributed by atoms with Gasteiger partial charge in [0.05, 0.1) is 6.04 Å². The Morgan fingerprint density at radius 2 is 2.00 bits per heavy atom. The van der Waals surface area contributed by atoms with Gasteiger partial charge in [0, 0.05) is 41.7 Å². The highest BCUT2D eigenvalue weighted by molar-refractivity contribution is 5.88. The molecule has 4 rings (SSSR count). The highest BCUT2D eigenvalue weighted by atomic mass is 16.6. The summed E-state index contributed by atoms with van der Waals surface area (Å²) in [6, 6.07) is 5.10. The fourth-order valence-corrected chi connectivity index (χ4v) is 4.17. The summed E-state index contributed by atoms with van der Waals surface area (Å²) in [6.07, 6.45) is 4.77. The molecule has 0 fully saturated rings. The van der Waals surface area contributed by atoms with E-state index in [-0.39, 0.29) is 25.9 Å². The maximum absolute atomic E-state index is 12.5. The van der Waals surface area contributed by atoms with Crippen LogP contribution in [-0.4, -0.2) is 62.3 Å². The molecule has 1 aliphatic rings. The number of nitrogens with one attached hydrogen (secondary N) is 3. The van der Waals surface area contributed by atoms with E-state index in [4.69, 9.17) is 15.2 Å². The van der Waals surface area contributed by atoms with Gasteiger partial charge in [-0.1, -0.05) is 24.3 Å². The lowest BCUT2D eigenvalue weighted by Crippen LogP contribution is -2.49. The molecule has 0 bridgehead atoms. The van der Waals surface area contributed by atoms with Gasteiger partial charge in [0.25, 0.3) is 5.56 Å². The summed E-state index contributed by atoms with van der Waals surface area (Å²) in [7, 11) is 0. The molecule has 4 atom stereocenters. The van der Waals surface area contributed by atoms with Gasteiger partial charge in [-0.25, -0.2) is 9.59 Å². The summed E-state index contributed by atoms with van der Waals surface area (Å²) in [4.78, 5) is 65.3. The Morgan fingerprint density at radius 1 is 1.23 bits per heavy atom. The third kappa shape index (κ3) is 6.69. The van der Waals surface area contributed by atoms with Gasteiger partial charge in [0.1, 0.15) is 18.8 Å². The van der Waals surface area contributed by atoms with Crippen LogP contribution < -0.4 is 22.3 Å². The van der Waals surface area contributed by atoms with Gasteiger partial charge in [-0.2, -0.15) is 0 Å². The molecule has 0 saturated heterocycles. The van der Waals surface area contributed by atoms with E-state index in [1.807, 2.05) is 24.3 Å². The maximum atomic E-state index is 12.5. The van der Waals surface area contributed by atoms with Gasteiger partial charge in [0.15, 0.2) is 6.23 Å². The molecule has 0 aliphatic carbocycles. The van der Waals surface area contributed by atoms with Gasteiger partial charge < -0.3 is 30.6 Å². The molecule has 3 heterocycles. The smallest absolute Gasteiger partial charge is 0.330 e. The Hall–Kier alpha value is -4.49. The number of nitrogens with two attached hydrogens (primary N) is 1. The molecule has 13 nitrogen and oxygen atoms in total. The van der Waals surface area contributed by atoms with Crippen molar-refractivity contribution in [2.75, 3.05) is 6.61 Å². The van der Waals surface area contributed by atoms with Crippen LogP contribution in [0, 0.1) is 6.92 Å². The monoisotopic (exact) mass is 539 g/mol. The summed E-state index contributed by atoms with van der Waals surface area (Å²) in [5.41, 5.74) is 6.73. The number of para-hydroxylation sites is 1. The first-order valence-electron chi connectivity index (χ1n) is 12.3. The summed E-state index contributed by atoms with van der Waals surface area (Å²) < 4.78 is 12.1. The van der Waals surface area contributed by atoms with E-state index in [1.165, 1.54) is 10.8 Å². The molecule has 1 aromatic carbocycles. The van der Waals surface area contributed by atoms with Gasteiger partial charge in [0.2, 0.25) is 5.91 Å². The Morgan fingerprint density at radius 3 is 2.77 bits per heavy atom. The van der Waals surface area contributed by atoms with Crippen molar-refractivity contribution in [2.45, 2.75) is 50.6 Å². The molecule has 2 aromatic heterocycles. The number of H-pyrrole nitrogens is 2. The summed E-state index contributed by atoms with van der Waals surface area (Å²) in [6.45, 7) is 1.43. The van der Waals surface area contributed by atoms with Gasteiger partial charge in [-0.05, 0) is 31.1 Å². The highest BCUT2D eigenvalue weighted by Gasteiger charge is 2.26. The van der Waals surface area contributed by atoms with Gasteiger partial charge in [-0.3, -0.25) is 23.9 Å². The van der Waals surface area contributed by atoms with Crippen molar-refractivity contribution in [3.05, 3.63) is 80.8 Å². The average molecular weight is 540 g/mol. The van der Waals surface area contributed by atoms with Crippen molar-refractivity contribution < 1.29 is 29.0 Å². The summed E-state index contributed by atoms with van der Waals surface area (Å²) in [5.74, 6) is -2.52. The molecule has 0 spiro atoms. The molecule has 6 N–H and O–H groups in total. The maximum Gasteiger partial charge on any atom is 0.330 e. The number of ether oxygens (including phenoxy) is 2. The van der Waals surface area contributed by atoms with Crippen LogP contribution in [0.15, 0.2) is 58.4 Å². The van der Waals surface area contributed by atoms with Crippen LogP contribution in [0.1, 0.15) is 30.2 Å². The largest absolute Gasteiger partial charge is 0.480 e. The van der Waals surface area contributed by atoms with Crippen LogP contribution in [0.25, 0.3) is 10.9 Å². The van der Waals surface area contributed by atoms with Gasteiger partial charge in [-0.15, -0.1) is 0 Å². The number of hydrogen-bond donors (Lipinski definition) is 5. The lowest BCUT2D eigenvalue weighted by molar-refractivity contribution is -0.148. The number of carboxylic acids is 1. The van der Waals surface area contributed by atoms with Crippen molar-refractivity contribution in [1.82, 2.24) is 19.9 Å². The van der Waals surface area contributed by atoms with Crippen LogP contribution in [-0.2, 0) is 30.3 Å². The molecule has 0 unspecified atom stereocenters. The van der Waals surface area contributed by atoms with E-state index in [0.717, 1.165) is 16.5 Å².